The van der Waals surface area contributed by atoms with Crippen LogP contribution in [0.1, 0.15) is 26.7 Å². The Labute approximate surface area is 146 Å². The fourth-order valence-electron chi connectivity index (χ4n) is 2.33. The summed E-state index contributed by atoms with van der Waals surface area (Å²) in [7, 11) is -3.78. The van der Waals surface area contributed by atoms with E-state index in [1.807, 2.05) is 13.8 Å². The molecule has 2 atom stereocenters. The van der Waals surface area contributed by atoms with Crippen LogP contribution in [0.15, 0.2) is 29.2 Å². The Morgan fingerprint density at radius 1 is 1.36 bits per heavy atom. The van der Waals surface area contributed by atoms with Gasteiger partial charge in [0.25, 0.3) is 0 Å². The summed E-state index contributed by atoms with van der Waals surface area (Å²) in [6.45, 7) is 4.46. The number of anilines is 1. The van der Waals surface area contributed by atoms with Crippen LogP contribution in [-0.4, -0.2) is 33.2 Å². The fraction of sp³-hybridized carbons (Fsp3) is 0.500. The second-order valence-electron chi connectivity index (χ2n) is 6.35. The van der Waals surface area contributed by atoms with Crippen molar-refractivity contribution in [1.82, 2.24) is 0 Å². The summed E-state index contributed by atoms with van der Waals surface area (Å²) in [5, 5.41) is 7.62. The Hall–Kier alpha value is -1.97. The van der Waals surface area contributed by atoms with Crippen LogP contribution in [-0.2, 0) is 29.1 Å². The molecule has 1 amide bonds. The van der Waals surface area contributed by atoms with Gasteiger partial charge in [-0.2, -0.15) is 0 Å². The molecule has 9 heteroatoms. The number of ether oxygens (including phenoxy) is 2. The average molecular weight is 370 g/mol. The zero-order valence-electron chi connectivity index (χ0n) is 14.1. The summed E-state index contributed by atoms with van der Waals surface area (Å²) in [6, 6.07) is 5.45. The van der Waals surface area contributed by atoms with Crippen molar-refractivity contribution >= 4 is 27.6 Å². The van der Waals surface area contributed by atoms with E-state index < -0.39 is 28.2 Å². The molecule has 8 nitrogen and oxygen atoms in total. The number of esters is 1. The zero-order chi connectivity index (χ0) is 18.6. The molecule has 0 radical (unpaired) electrons. The molecule has 0 bridgehead atoms. The lowest BCUT2D eigenvalue weighted by atomic mass is 10.0. The van der Waals surface area contributed by atoms with Gasteiger partial charge in [-0.05, 0) is 30.2 Å². The largest absolute Gasteiger partial charge is 0.435 e. The van der Waals surface area contributed by atoms with Crippen LogP contribution in [0.25, 0.3) is 0 Å². The van der Waals surface area contributed by atoms with Gasteiger partial charge < -0.3 is 14.8 Å². The van der Waals surface area contributed by atoms with Gasteiger partial charge in [-0.1, -0.05) is 13.8 Å². The first-order valence-electron chi connectivity index (χ1n) is 7.90. The number of carbonyl (C=O) groups excluding carboxylic acids is 2. The number of nitrogens with two attached hydrogens (primary N) is 1. The van der Waals surface area contributed by atoms with E-state index in [1.165, 1.54) is 24.3 Å². The monoisotopic (exact) mass is 370 g/mol. The standard InChI is InChI=1S/C16H22N2O6S/c1-10(2)9-23-15-8-11(16(20)24-15)7-14(19)18-12-3-5-13(6-4-12)25(17,21)22/h3-6,10-11,15H,7-9H2,1-2H3,(H,18,19)(H2,17,21,22)/t11-,15-/m1/s1. The van der Waals surface area contributed by atoms with Crippen LogP contribution in [0.5, 0.6) is 0 Å². The molecule has 0 saturated carbocycles. The second-order valence-corrected chi connectivity index (χ2v) is 7.91. The summed E-state index contributed by atoms with van der Waals surface area (Å²) < 4.78 is 32.9. The van der Waals surface area contributed by atoms with Crippen LogP contribution in [0.4, 0.5) is 5.69 Å². The molecule has 2 rings (SSSR count). The lowest BCUT2D eigenvalue weighted by Gasteiger charge is -2.12. The molecule has 1 aromatic rings. The fourth-order valence-corrected chi connectivity index (χ4v) is 2.85. The number of hydrogen-bond donors (Lipinski definition) is 2. The number of hydrogen-bond acceptors (Lipinski definition) is 6. The van der Waals surface area contributed by atoms with E-state index in [2.05, 4.69) is 5.32 Å². The zero-order valence-corrected chi connectivity index (χ0v) is 14.9. The molecule has 1 saturated heterocycles. The predicted molar refractivity (Wildman–Crippen MR) is 89.8 cm³/mol. The first-order chi connectivity index (χ1) is 11.6. The quantitative estimate of drug-likeness (QED) is 0.695. The topological polar surface area (TPSA) is 125 Å². The maximum absolute atomic E-state index is 12.1. The summed E-state index contributed by atoms with van der Waals surface area (Å²) in [4.78, 5) is 23.8. The van der Waals surface area contributed by atoms with Crippen LogP contribution in [0.2, 0.25) is 0 Å². The van der Waals surface area contributed by atoms with Gasteiger partial charge in [0.15, 0.2) is 0 Å². The molecule has 0 aliphatic carbocycles. The molecule has 1 aliphatic rings. The van der Waals surface area contributed by atoms with Gasteiger partial charge in [0.1, 0.15) is 0 Å². The number of cyclic esters (lactones) is 1. The van der Waals surface area contributed by atoms with Gasteiger partial charge in [0.2, 0.25) is 22.2 Å². The number of nitrogens with one attached hydrogen (secondary N) is 1. The third kappa shape index (κ3) is 5.80. The highest BCUT2D eigenvalue weighted by Gasteiger charge is 2.36. The van der Waals surface area contributed by atoms with Gasteiger partial charge in [-0.25, -0.2) is 13.6 Å². The molecule has 0 spiro atoms. The van der Waals surface area contributed by atoms with E-state index in [-0.39, 0.29) is 17.2 Å². The van der Waals surface area contributed by atoms with Crippen molar-refractivity contribution in [3.63, 3.8) is 0 Å². The third-order valence-electron chi connectivity index (χ3n) is 3.57. The molecule has 1 fully saturated rings. The van der Waals surface area contributed by atoms with E-state index >= 15 is 0 Å². The molecule has 3 N–H and O–H groups in total. The van der Waals surface area contributed by atoms with Crippen molar-refractivity contribution in [1.29, 1.82) is 0 Å². The summed E-state index contributed by atoms with van der Waals surface area (Å²) in [5.74, 6) is -1.05. The Balaban J connectivity index is 1.87. The number of carbonyl (C=O) groups is 2. The van der Waals surface area contributed by atoms with E-state index in [0.29, 0.717) is 24.6 Å². The predicted octanol–water partition coefficient (Wildman–Crippen LogP) is 1.22. The third-order valence-corrected chi connectivity index (χ3v) is 4.50. The molecule has 138 valence electrons. The molecular weight excluding hydrogens is 348 g/mol. The summed E-state index contributed by atoms with van der Waals surface area (Å²) in [5.41, 5.74) is 0.413. The minimum atomic E-state index is -3.78. The SMILES string of the molecule is CC(C)CO[C@H]1C[C@@H](CC(=O)Nc2ccc(S(N)(=O)=O)cc2)C(=O)O1. The Bertz CT molecular complexity index is 729. The Morgan fingerprint density at radius 3 is 2.56 bits per heavy atom. The van der Waals surface area contributed by atoms with Crippen LogP contribution >= 0.6 is 0 Å². The Morgan fingerprint density at radius 2 is 2.00 bits per heavy atom. The lowest BCUT2D eigenvalue weighted by Crippen LogP contribution is -2.19. The maximum Gasteiger partial charge on any atom is 0.312 e. The van der Waals surface area contributed by atoms with Crippen LogP contribution in [0, 0.1) is 11.8 Å². The maximum atomic E-state index is 12.1. The van der Waals surface area contributed by atoms with E-state index in [4.69, 9.17) is 14.6 Å². The first kappa shape index (κ1) is 19.4. The highest BCUT2D eigenvalue weighted by Crippen LogP contribution is 2.26. The Kier molecular flexibility index (Phi) is 6.15. The van der Waals surface area contributed by atoms with Gasteiger partial charge in [-0.15, -0.1) is 0 Å². The lowest BCUT2D eigenvalue weighted by molar-refractivity contribution is -0.165. The van der Waals surface area contributed by atoms with Crippen molar-refractivity contribution in [3.8, 4) is 0 Å². The van der Waals surface area contributed by atoms with Gasteiger partial charge in [0.05, 0.1) is 17.4 Å². The molecule has 0 aromatic heterocycles. The molecule has 25 heavy (non-hydrogen) atoms. The van der Waals surface area contributed by atoms with Gasteiger partial charge >= 0.3 is 5.97 Å². The van der Waals surface area contributed by atoms with Gasteiger partial charge in [0, 0.05) is 18.5 Å². The van der Waals surface area contributed by atoms with Crippen molar-refractivity contribution in [3.05, 3.63) is 24.3 Å². The van der Waals surface area contributed by atoms with Gasteiger partial charge in [-0.3, -0.25) is 9.59 Å². The first-order valence-corrected chi connectivity index (χ1v) is 9.44. The van der Waals surface area contributed by atoms with Crippen molar-refractivity contribution < 1.29 is 27.5 Å². The molecule has 1 aromatic carbocycles. The van der Waals surface area contributed by atoms with Crippen molar-refractivity contribution in [2.45, 2.75) is 37.9 Å². The van der Waals surface area contributed by atoms with E-state index in [9.17, 15) is 18.0 Å². The molecule has 1 heterocycles. The average Bonchev–Trinajstić information content (AvgIpc) is 2.85. The molecule has 0 unspecified atom stereocenters. The van der Waals surface area contributed by atoms with E-state index in [0.717, 1.165) is 0 Å². The highest BCUT2D eigenvalue weighted by atomic mass is 32.2. The van der Waals surface area contributed by atoms with Crippen LogP contribution < -0.4 is 10.5 Å². The normalized spacial score (nSPS) is 20.6. The smallest absolute Gasteiger partial charge is 0.312 e. The number of rotatable bonds is 7. The number of primary sulfonamides is 1. The second kappa shape index (κ2) is 7.94. The van der Waals surface area contributed by atoms with E-state index in [1.54, 1.807) is 0 Å². The number of amides is 1. The minimum absolute atomic E-state index is 0.0304. The number of sulfonamides is 1. The van der Waals surface area contributed by atoms with Crippen molar-refractivity contribution in [2.75, 3.05) is 11.9 Å². The summed E-state index contributed by atoms with van der Waals surface area (Å²) in [6.07, 6.45) is -0.303. The highest BCUT2D eigenvalue weighted by molar-refractivity contribution is 7.89. The van der Waals surface area contributed by atoms with Crippen LogP contribution in [0.3, 0.4) is 0 Å². The number of benzene rings is 1. The molecular formula is C16H22N2O6S. The summed E-state index contributed by atoms with van der Waals surface area (Å²) >= 11 is 0. The molecule has 1 aliphatic heterocycles. The van der Waals surface area contributed by atoms with Crippen molar-refractivity contribution in [2.24, 2.45) is 17.0 Å². The minimum Gasteiger partial charge on any atom is -0.435 e.